The number of carbonyl (C=O) groups is 1. The second-order valence-electron chi connectivity index (χ2n) is 5.19. The second kappa shape index (κ2) is 7.22. The first-order valence-corrected chi connectivity index (χ1v) is 7.91. The second-order valence-corrected chi connectivity index (χ2v) is 6.13. The molecular weight excluding hydrogens is 282 g/mol. The van der Waals surface area contributed by atoms with Crippen LogP contribution in [0.3, 0.4) is 0 Å². The summed E-state index contributed by atoms with van der Waals surface area (Å²) in [6, 6.07) is 7.64. The highest BCUT2D eigenvalue weighted by Gasteiger charge is 2.06. The Bertz CT molecular complexity index is 607. The molecule has 0 unspecified atom stereocenters. The van der Waals surface area contributed by atoms with Crippen LogP contribution in [0.4, 0.5) is 5.69 Å². The average Bonchev–Trinajstić information content (AvgIpc) is 2.89. The van der Waals surface area contributed by atoms with Crippen LogP contribution >= 0.6 is 11.3 Å². The number of nitrogens with one attached hydrogen (secondary N) is 1. The lowest BCUT2D eigenvalue weighted by molar-refractivity contribution is 0.0953. The van der Waals surface area contributed by atoms with Crippen LogP contribution in [-0.4, -0.2) is 31.5 Å². The fourth-order valence-corrected chi connectivity index (χ4v) is 2.80. The molecule has 21 heavy (non-hydrogen) atoms. The monoisotopic (exact) mass is 303 g/mol. The van der Waals surface area contributed by atoms with Crippen molar-refractivity contribution in [3.05, 3.63) is 45.9 Å². The summed E-state index contributed by atoms with van der Waals surface area (Å²) in [7, 11) is 3.93. The largest absolute Gasteiger partial charge is 0.378 e. The van der Waals surface area contributed by atoms with Crippen molar-refractivity contribution < 1.29 is 4.79 Å². The van der Waals surface area contributed by atoms with Crippen molar-refractivity contribution in [2.75, 3.05) is 25.5 Å². The van der Waals surface area contributed by atoms with Crippen LogP contribution in [0.5, 0.6) is 0 Å². The highest BCUT2D eigenvalue weighted by molar-refractivity contribution is 7.09. The van der Waals surface area contributed by atoms with Crippen molar-refractivity contribution in [1.29, 1.82) is 0 Å². The fraction of sp³-hybridized carbons (Fsp3) is 0.375. The van der Waals surface area contributed by atoms with E-state index in [9.17, 15) is 4.79 Å². The number of thiazole rings is 1. The molecule has 1 N–H and O–H groups in total. The topological polar surface area (TPSA) is 45.2 Å². The minimum atomic E-state index is -0.0194. The Labute approximate surface area is 129 Å². The standard InChI is InChI=1S/C16H21N3OS/c1-12-11-21-15(18-12)8-5-9-17-16(20)13-6-4-7-14(10-13)19(2)3/h4,6-7,10-11H,5,8-9H2,1-3H3,(H,17,20). The molecule has 0 radical (unpaired) electrons. The Morgan fingerprint density at radius 2 is 2.19 bits per heavy atom. The number of amides is 1. The Morgan fingerprint density at radius 3 is 2.86 bits per heavy atom. The molecule has 0 aliphatic carbocycles. The third kappa shape index (κ3) is 4.56. The van der Waals surface area contributed by atoms with E-state index in [1.54, 1.807) is 11.3 Å². The lowest BCUT2D eigenvalue weighted by atomic mass is 10.2. The van der Waals surface area contributed by atoms with Gasteiger partial charge >= 0.3 is 0 Å². The molecule has 1 heterocycles. The maximum absolute atomic E-state index is 12.1. The summed E-state index contributed by atoms with van der Waals surface area (Å²) >= 11 is 1.68. The minimum absolute atomic E-state index is 0.0194. The van der Waals surface area contributed by atoms with E-state index in [-0.39, 0.29) is 5.91 Å². The zero-order valence-electron chi connectivity index (χ0n) is 12.7. The number of rotatable bonds is 6. The van der Waals surface area contributed by atoms with Gasteiger partial charge in [0.1, 0.15) is 0 Å². The molecule has 0 fully saturated rings. The zero-order valence-corrected chi connectivity index (χ0v) is 13.5. The maximum Gasteiger partial charge on any atom is 0.251 e. The summed E-state index contributed by atoms with van der Waals surface area (Å²) in [5.74, 6) is -0.0194. The van der Waals surface area contributed by atoms with Crippen molar-refractivity contribution in [1.82, 2.24) is 10.3 Å². The lowest BCUT2D eigenvalue weighted by Gasteiger charge is -2.13. The van der Waals surface area contributed by atoms with Gasteiger partial charge in [0.05, 0.1) is 5.01 Å². The SMILES string of the molecule is Cc1csc(CCCNC(=O)c2cccc(N(C)C)c2)n1. The molecule has 1 aromatic carbocycles. The fourth-order valence-electron chi connectivity index (χ4n) is 1.99. The van der Waals surface area contributed by atoms with E-state index in [0.29, 0.717) is 12.1 Å². The van der Waals surface area contributed by atoms with Gasteiger partial charge in [-0.25, -0.2) is 4.98 Å². The summed E-state index contributed by atoms with van der Waals surface area (Å²) in [5, 5.41) is 6.15. The van der Waals surface area contributed by atoms with Gasteiger partial charge in [0.25, 0.3) is 5.91 Å². The van der Waals surface area contributed by atoms with Gasteiger partial charge in [0.15, 0.2) is 0 Å². The van der Waals surface area contributed by atoms with Crippen molar-refractivity contribution >= 4 is 22.9 Å². The molecule has 4 nitrogen and oxygen atoms in total. The highest BCUT2D eigenvalue weighted by Crippen LogP contribution is 2.13. The number of nitrogens with zero attached hydrogens (tertiary/aromatic N) is 2. The molecule has 2 aromatic rings. The Kier molecular flexibility index (Phi) is 5.33. The zero-order chi connectivity index (χ0) is 15.2. The maximum atomic E-state index is 12.1. The van der Waals surface area contributed by atoms with Gasteiger partial charge in [0, 0.05) is 49.4 Å². The molecule has 5 heteroatoms. The first kappa shape index (κ1) is 15.5. The van der Waals surface area contributed by atoms with Crippen molar-refractivity contribution in [2.24, 2.45) is 0 Å². The van der Waals surface area contributed by atoms with E-state index in [0.717, 1.165) is 29.2 Å². The van der Waals surface area contributed by atoms with Gasteiger partial charge in [-0.3, -0.25) is 4.79 Å². The van der Waals surface area contributed by atoms with Gasteiger partial charge in [-0.05, 0) is 31.5 Å². The number of anilines is 1. The summed E-state index contributed by atoms with van der Waals surface area (Å²) in [6.07, 6.45) is 1.82. The highest BCUT2D eigenvalue weighted by atomic mass is 32.1. The van der Waals surface area contributed by atoms with Gasteiger partial charge < -0.3 is 10.2 Å². The van der Waals surface area contributed by atoms with Crippen LogP contribution in [-0.2, 0) is 6.42 Å². The predicted octanol–water partition coefficient (Wildman–Crippen LogP) is 2.88. The third-order valence-electron chi connectivity index (χ3n) is 3.14. The summed E-state index contributed by atoms with van der Waals surface area (Å²) in [5.41, 5.74) is 2.80. The summed E-state index contributed by atoms with van der Waals surface area (Å²) in [4.78, 5) is 18.5. The molecular formula is C16H21N3OS. The summed E-state index contributed by atoms with van der Waals surface area (Å²) < 4.78 is 0. The number of benzene rings is 1. The molecule has 0 spiro atoms. The predicted molar refractivity (Wildman–Crippen MR) is 88.3 cm³/mol. The molecule has 0 bridgehead atoms. The quantitative estimate of drug-likeness (QED) is 0.835. The normalized spacial score (nSPS) is 10.4. The van der Waals surface area contributed by atoms with Crippen molar-refractivity contribution in [2.45, 2.75) is 19.8 Å². The van der Waals surface area contributed by atoms with Crippen LogP contribution < -0.4 is 10.2 Å². The van der Waals surface area contributed by atoms with E-state index in [4.69, 9.17) is 0 Å². The smallest absolute Gasteiger partial charge is 0.251 e. The molecule has 0 atom stereocenters. The molecule has 0 saturated heterocycles. The van der Waals surface area contributed by atoms with Gasteiger partial charge in [-0.15, -0.1) is 11.3 Å². The van der Waals surface area contributed by atoms with Gasteiger partial charge in [0.2, 0.25) is 0 Å². The third-order valence-corrected chi connectivity index (χ3v) is 4.17. The van der Waals surface area contributed by atoms with E-state index in [2.05, 4.69) is 15.7 Å². The number of hydrogen-bond donors (Lipinski definition) is 1. The lowest BCUT2D eigenvalue weighted by Crippen LogP contribution is -2.25. The first-order chi connectivity index (χ1) is 10.1. The molecule has 1 amide bonds. The Morgan fingerprint density at radius 1 is 1.38 bits per heavy atom. The van der Waals surface area contributed by atoms with E-state index >= 15 is 0 Å². The number of aryl methyl sites for hydroxylation is 2. The van der Waals surface area contributed by atoms with Crippen LogP contribution in [0.2, 0.25) is 0 Å². The molecule has 112 valence electrons. The van der Waals surface area contributed by atoms with Crippen LogP contribution in [0.25, 0.3) is 0 Å². The van der Waals surface area contributed by atoms with E-state index in [1.807, 2.05) is 50.2 Å². The molecule has 1 aromatic heterocycles. The van der Waals surface area contributed by atoms with E-state index < -0.39 is 0 Å². The molecule has 2 rings (SSSR count). The van der Waals surface area contributed by atoms with Gasteiger partial charge in [-0.1, -0.05) is 6.07 Å². The molecule has 0 aliphatic heterocycles. The van der Waals surface area contributed by atoms with Crippen LogP contribution in [0.1, 0.15) is 27.5 Å². The van der Waals surface area contributed by atoms with Crippen molar-refractivity contribution in [3.63, 3.8) is 0 Å². The first-order valence-electron chi connectivity index (χ1n) is 7.03. The average molecular weight is 303 g/mol. The van der Waals surface area contributed by atoms with Crippen LogP contribution in [0, 0.1) is 6.92 Å². The number of carbonyl (C=O) groups excluding carboxylic acids is 1. The van der Waals surface area contributed by atoms with Crippen molar-refractivity contribution in [3.8, 4) is 0 Å². The Hall–Kier alpha value is -1.88. The van der Waals surface area contributed by atoms with Gasteiger partial charge in [-0.2, -0.15) is 0 Å². The summed E-state index contributed by atoms with van der Waals surface area (Å²) in [6.45, 7) is 2.67. The number of aromatic nitrogens is 1. The van der Waals surface area contributed by atoms with E-state index in [1.165, 1.54) is 0 Å². The number of hydrogen-bond acceptors (Lipinski definition) is 4. The molecule has 0 saturated carbocycles. The van der Waals surface area contributed by atoms with Crippen LogP contribution in [0.15, 0.2) is 29.6 Å². The minimum Gasteiger partial charge on any atom is -0.378 e. The molecule has 0 aliphatic rings. The Balaban J connectivity index is 1.80.